The van der Waals surface area contributed by atoms with Gasteiger partial charge in [0.05, 0.1) is 12.8 Å². The molecule has 0 bridgehead atoms. The van der Waals surface area contributed by atoms with Crippen molar-refractivity contribution in [2.24, 2.45) is 0 Å². The zero-order valence-corrected chi connectivity index (χ0v) is 13.8. The molecular formula is C13H14BrNO5S. The van der Waals surface area contributed by atoms with Crippen LogP contribution in [0.4, 0.5) is 5.69 Å². The normalized spacial score (nSPS) is 11.4. The van der Waals surface area contributed by atoms with Crippen LogP contribution in [-0.2, 0) is 16.6 Å². The summed E-state index contributed by atoms with van der Waals surface area (Å²) < 4.78 is 36.7. The lowest BCUT2D eigenvalue weighted by molar-refractivity contribution is 0.245. The molecule has 1 N–H and O–H groups in total. The fourth-order valence-corrected chi connectivity index (χ4v) is 3.98. The van der Waals surface area contributed by atoms with Crippen molar-refractivity contribution in [1.29, 1.82) is 0 Å². The minimum Gasteiger partial charge on any atom is -0.495 e. The standard InChI is InChI=1S/C13H14BrNO5S/c1-15(10-5-3-4-6-11(10)19-2)21(17,18)12-7-9(8-16)20-13(12)14/h3-7,16H,8H2,1-2H3. The molecule has 6 nitrogen and oxygen atoms in total. The van der Waals surface area contributed by atoms with Crippen molar-refractivity contribution in [2.75, 3.05) is 18.5 Å². The van der Waals surface area contributed by atoms with Crippen molar-refractivity contribution < 1.29 is 22.7 Å². The minimum atomic E-state index is -3.84. The Morgan fingerprint density at radius 2 is 2.05 bits per heavy atom. The summed E-state index contributed by atoms with van der Waals surface area (Å²) in [6.07, 6.45) is 0. The van der Waals surface area contributed by atoms with Gasteiger partial charge in [-0.1, -0.05) is 12.1 Å². The zero-order valence-electron chi connectivity index (χ0n) is 11.4. The molecule has 0 aliphatic heterocycles. The van der Waals surface area contributed by atoms with Crippen molar-refractivity contribution in [3.63, 3.8) is 0 Å². The Kier molecular flexibility index (Phi) is 4.60. The van der Waals surface area contributed by atoms with Crippen LogP contribution < -0.4 is 9.04 Å². The van der Waals surface area contributed by atoms with Crippen LogP contribution in [-0.4, -0.2) is 27.7 Å². The van der Waals surface area contributed by atoms with Gasteiger partial charge in [-0.15, -0.1) is 0 Å². The molecule has 0 aliphatic carbocycles. The summed E-state index contributed by atoms with van der Waals surface area (Å²) in [5, 5.41) is 9.04. The molecule has 1 aromatic carbocycles. The van der Waals surface area contributed by atoms with Gasteiger partial charge < -0.3 is 14.3 Å². The predicted octanol–water partition coefficient (Wildman–Crippen LogP) is 2.37. The van der Waals surface area contributed by atoms with E-state index in [1.807, 2.05) is 0 Å². The molecule has 114 valence electrons. The number of nitrogens with zero attached hydrogens (tertiary/aromatic N) is 1. The van der Waals surface area contributed by atoms with Crippen LogP contribution in [0.5, 0.6) is 5.75 Å². The Bertz CT molecular complexity index is 741. The van der Waals surface area contributed by atoms with Crippen LogP contribution >= 0.6 is 15.9 Å². The molecule has 1 heterocycles. The third kappa shape index (κ3) is 2.92. The molecule has 0 aliphatic rings. The molecule has 0 radical (unpaired) electrons. The van der Waals surface area contributed by atoms with Crippen molar-refractivity contribution >= 4 is 31.6 Å². The number of aliphatic hydroxyl groups excluding tert-OH is 1. The largest absolute Gasteiger partial charge is 0.495 e. The number of para-hydroxylation sites is 2. The highest BCUT2D eigenvalue weighted by Crippen LogP contribution is 2.34. The molecule has 0 spiro atoms. The minimum absolute atomic E-state index is 0.0493. The van der Waals surface area contributed by atoms with Gasteiger partial charge >= 0.3 is 0 Å². The van der Waals surface area contributed by atoms with Gasteiger partial charge in [-0.2, -0.15) is 0 Å². The molecule has 0 fully saturated rings. The van der Waals surface area contributed by atoms with Gasteiger partial charge in [0, 0.05) is 13.1 Å². The van der Waals surface area contributed by atoms with Gasteiger partial charge in [0.25, 0.3) is 10.0 Å². The second kappa shape index (κ2) is 6.08. The van der Waals surface area contributed by atoms with E-state index < -0.39 is 10.0 Å². The summed E-state index contributed by atoms with van der Waals surface area (Å²) >= 11 is 3.06. The van der Waals surface area contributed by atoms with E-state index in [-0.39, 0.29) is 21.9 Å². The summed E-state index contributed by atoms with van der Waals surface area (Å²) in [5.74, 6) is 0.597. The summed E-state index contributed by atoms with van der Waals surface area (Å²) in [4.78, 5) is -0.0556. The van der Waals surface area contributed by atoms with Gasteiger partial charge in [-0.05, 0) is 28.1 Å². The monoisotopic (exact) mass is 375 g/mol. The quantitative estimate of drug-likeness (QED) is 0.867. The third-order valence-electron chi connectivity index (χ3n) is 2.93. The van der Waals surface area contributed by atoms with E-state index in [0.29, 0.717) is 11.4 Å². The van der Waals surface area contributed by atoms with Crippen LogP contribution in [0.1, 0.15) is 5.76 Å². The van der Waals surface area contributed by atoms with E-state index in [0.717, 1.165) is 4.31 Å². The average Bonchev–Trinajstić information content (AvgIpc) is 2.88. The summed E-state index contributed by atoms with van der Waals surface area (Å²) in [5.41, 5.74) is 0.402. The summed E-state index contributed by atoms with van der Waals surface area (Å²) in [6, 6.07) is 8.06. The average molecular weight is 376 g/mol. The zero-order chi connectivity index (χ0) is 15.6. The fourth-order valence-electron chi connectivity index (χ4n) is 1.82. The van der Waals surface area contributed by atoms with E-state index in [1.165, 1.54) is 20.2 Å². The van der Waals surface area contributed by atoms with Crippen LogP contribution in [0, 0.1) is 0 Å². The first kappa shape index (κ1) is 15.9. The molecule has 8 heteroatoms. The highest BCUT2D eigenvalue weighted by atomic mass is 79.9. The maximum atomic E-state index is 12.6. The molecule has 0 unspecified atom stereocenters. The van der Waals surface area contributed by atoms with Crippen LogP contribution in [0.2, 0.25) is 0 Å². The Labute approximate surface area is 131 Å². The summed E-state index contributed by atoms with van der Waals surface area (Å²) in [7, 11) is -0.952. The SMILES string of the molecule is COc1ccccc1N(C)S(=O)(=O)c1cc(CO)oc1Br. The van der Waals surface area contributed by atoms with Crippen LogP contribution in [0.3, 0.4) is 0 Å². The van der Waals surface area contributed by atoms with E-state index >= 15 is 0 Å². The molecular weight excluding hydrogens is 362 g/mol. The number of benzene rings is 1. The van der Waals surface area contributed by atoms with Crippen molar-refractivity contribution in [3.8, 4) is 5.75 Å². The maximum absolute atomic E-state index is 12.6. The number of rotatable bonds is 5. The Morgan fingerprint density at radius 1 is 1.38 bits per heavy atom. The van der Waals surface area contributed by atoms with E-state index in [4.69, 9.17) is 14.3 Å². The number of furan rings is 1. The third-order valence-corrected chi connectivity index (χ3v) is 5.55. The topological polar surface area (TPSA) is 80.0 Å². The molecule has 2 aromatic rings. The molecule has 0 atom stereocenters. The molecule has 1 aromatic heterocycles. The number of sulfonamides is 1. The van der Waals surface area contributed by atoms with E-state index in [1.54, 1.807) is 24.3 Å². The number of halogens is 1. The van der Waals surface area contributed by atoms with E-state index in [2.05, 4.69) is 15.9 Å². The van der Waals surface area contributed by atoms with Gasteiger partial charge in [0.15, 0.2) is 4.67 Å². The lowest BCUT2D eigenvalue weighted by Crippen LogP contribution is -2.26. The van der Waals surface area contributed by atoms with Crippen molar-refractivity contribution in [3.05, 3.63) is 40.8 Å². The molecule has 2 rings (SSSR count). The highest BCUT2D eigenvalue weighted by molar-refractivity contribution is 9.10. The van der Waals surface area contributed by atoms with E-state index in [9.17, 15) is 8.42 Å². The lowest BCUT2D eigenvalue weighted by atomic mass is 10.3. The first-order valence-electron chi connectivity index (χ1n) is 5.92. The van der Waals surface area contributed by atoms with Gasteiger partial charge in [0.2, 0.25) is 0 Å². The number of aliphatic hydroxyl groups is 1. The van der Waals surface area contributed by atoms with Gasteiger partial charge in [0.1, 0.15) is 23.0 Å². The Hall–Kier alpha value is -1.51. The second-order valence-electron chi connectivity index (χ2n) is 4.15. The number of methoxy groups -OCH3 is 1. The number of ether oxygens (including phenoxy) is 1. The number of hydrogen-bond acceptors (Lipinski definition) is 5. The second-order valence-corrected chi connectivity index (χ2v) is 6.81. The van der Waals surface area contributed by atoms with Crippen molar-refractivity contribution in [2.45, 2.75) is 11.5 Å². The molecule has 0 amide bonds. The highest BCUT2D eigenvalue weighted by Gasteiger charge is 2.28. The maximum Gasteiger partial charge on any atom is 0.268 e. The first-order chi connectivity index (χ1) is 9.91. The summed E-state index contributed by atoms with van der Waals surface area (Å²) in [6.45, 7) is -0.382. The van der Waals surface area contributed by atoms with Crippen LogP contribution in [0.15, 0.2) is 44.3 Å². The lowest BCUT2D eigenvalue weighted by Gasteiger charge is -2.20. The fraction of sp³-hybridized carbons (Fsp3) is 0.231. The molecule has 0 saturated carbocycles. The molecule has 0 saturated heterocycles. The predicted molar refractivity (Wildman–Crippen MR) is 80.9 cm³/mol. The Balaban J connectivity index is 2.50. The first-order valence-corrected chi connectivity index (χ1v) is 8.16. The smallest absolute Gasteiger partial charge is 0.268 e. The van der Waals surface area contributed by atoms with Crippen molar-refractivity contribution in [1.82, 2.24) is 0 Å². The Morgan fingerprint density at radius 3 is 2.62 bits per heavy atom. The van der Waals surface area contributed by atoms with Gasteiger partial charge in [-0.25, -0.2) is 8.42 Å². The molecule has 21 heavy (non-hydrogen) atoms. The van der Waals surface area contributed by atoms with Crippen LogP contribution in [0.25, 0.3) is 0 Å². The van der Waals surface area contributed by atoms with Gasteiger partial charge in [-0.3, -0.25) is 4.31 Å². The number of hydrogen-bond donors (Lipinski definition) is 1. The number of anilines is 1.